The summed E-state index contributed by atoms with van der Waals surface area (Å²) in [5.41, 5.74) is 0. The van der Waals surface area contributed by atoms with Crippen LogP contribution in [-0.2, 0) is 14.3 Å². The zero-order valence-electron chi connectivity index (χ0n) is 11.2. The molecule has 106 valence electrons. The van der Waals surface area contributed by atoms with Gasteiger partial charge in [-0.1, -0.05) is 0 Å². The van der Waals surface area contributed by atoms with Gasteiger partial charge in [0.2, 0.25) is 0 Å². The number of thioether (sulfide) groups is 1. The van der Waals surface area contributed by atoms with Gasteiger partial charge in [-0.25, -0.2) is 4.79 Å². The van der Waals surface area contributed by atoms with E-state index in [1.165, 1.54) is 20.1 Å². The summed E-state index contributed by atoms with van der Waals surface area (Å²) in [6.45, 7) is 3.23. The zero-order chi connectivity index (χ0) is 14.9. The first kappa shape index (κ1) is 14.4. The van der Waals surface area contributed by atoms with Gasteiger partial charge in [-0.05, 0) is 37.7 Å². The highest BCUT2D eigenvalue weighted by Gasteiger charge is 2.41. The number of nitrogens with zero attached hydrogens (tertiary/aromatic N) is 1. The Hall–Kier alpha value is -2.02. The van der Waals surface area contributed by atoms with Gasteiger partial charge in [0.25, 0.3) is 11.1 Å². The summed E-state index contributed by atoms with van der Waals surface area (Å²) in [6.07, 6.45) is 1.49. The molecule has 0 bridgehead atoms. The maximum absolute atomic E-state index is 12.2. The number of esters is 1. The molecular formula is C13H13NO5S. The van der Waals surface area contributed by atoms with Gasteiger partial charge >= 0.3 is 5.97 Å². The van der Waals surface area contributed by atoms with Crippen LogP contribution < -0.4 is 0 Å². The molecule has 1 saturated heterocycles. The minimum absolute atomic E-state index is 0.222. The van der Waals surface area contributed by atoms with Gasteiger partial charge in [-0.3, -0.25) is 14.5 Å². The minimum Gasteiger partial charge on any atom is -0.467 e. The molecule has 2 amide bonds. The summed E-state index contributed by atoms with van der Waals surface area (Å²) in [7, 11) is 1.21. The standard InChI is InChI=1S/C13H13NO5S/c1-7-4-5-9(19-7)6-10-11(15)14(13(17)20-10)8(2)12(16)18-3/h4-6,8H,1-3H3/b10-6+/t8-/m0/s1. The lowest BCUT2D eigenvalue weighted by atomic mass is 10.3. The third-order valence-corrected chi connectivity index (χ3v) is 3.67. The molecule has 1 fully saturated rings. The first-order valence-electron chi connectivity index (χ1n) is 5.85. The third kappa shape index (κ3) is 2.62. The molecule has 0 unspecified atom stereocenters. The molecule has 1 aromatic heterocycles. The van der Waals surface area contributed by atoms with Crippen molar-refractivity contribution in [2.24, 2.45) is 0 Å². The Labute approximate surface area is 119 Å². The van der Waals surface area contributed by atoms with Crippen molar-refractivity contribution in [2.45, 2.75) is 19.9 Å². The molecule has 7 heteroatoms. The normalized spacial score (nSPS) is 18.8. The number of hydrogen-bond acceptors (Lipinski definition) is 6. The van der Waals surface area contributed by atoms with Crippen molar-refractivity contribution < 1.29 is 23.5 Å². The largest absolute Gasteiger partial charge is 0.467 e. The summed E-state index contributed by atoms with van der Waals surface area (Å²) < 4.78 is 9.88. The number of rotatable bonds is 3. The lowest BCUT2D eigenvalue weighted by molar-refractivity contribution is -0.148. The van der Waals surface area contributed by atoms with Crippen LogP contribution in [-0.4, -0.2) is 35.2 Å². The molecular weight excluding hydrogens is 282 g/mol. The first-order valence-corrected chi connectivity index (χ1v) is 6.67. The Kier molecular flexibility index (Phi) is 3.99. The van der Waals surface area contributed by atoms with Crippen molar-refractivity contribution in [1.29, 1.82) is 0 Å². The predicted octanol–water partition coefficient (Wildman–Crippen LogP) is 2.19. The fraction of sp³-hybridized carbons (Fsp3) is 0.308. The fourth-order valence-corrected chi connectivity index (χ4v) is 2.64. The van der Waals surface area contributed by atoms with E-state index in [9.17, 15) is 14.4 Å². The summed E-state index contributed by atoms with van der Waals surface area (Å²) in [4.78, 5) is 36.5. The van der Waals surface area contributed by atoms with Crippen LogP contribution in [0.15, 0.2) is 21.5 Å². The first-order chi connectivity index (χ1) is 9.43. The van der Waals surface area contributed by atoms with Gasteiger partial charge < -0.3 is 9.15 Å². The number of ether oxygens (including phenoxy) is 1. The fourth-order valence-electron chi connectivity index (χ4n) is 1.75. The summed E-state index contributed by atoms with van der Waals surface area (Å²) in [5, 5.41) is -0.498. The van der Waals surface area contributed by atoms with Crippen molar-refractivity contribution in [1.82, 2.24) is 4.90 Å². The van der Waals surface area contributed by atoms with Crippen LogP contribution in [0.1, 0.15) is 18.4 Å². The van der Waals surface area contributed by atoms with Crippen LogP contribution in [0.4, 0.5) is 4.79 Å². The quantitative estimate of drug-likeness (QED) is 0.628. The Balaban J connectivity index is 2.25. The highest BCUT2D eigenvalue weighted by atomic mass is 32.2. The lowest BCUT2D eigenvalue weighted by Gasteiger charge is -2.18. The van der Waals surface area contributed by atoms with Gasteiger partial charge in [0.05, 0.1) is 12.0 Å². The molecule has 0 aliphatic carbocycles. The molecule has 0 radical (unpaired) electrons. The van der Waals surface area contributed by atoms with Gasteiger partial charge in [0.15, 0.2) is 0 Å². The van der Waals surface area contributed by atoms with Crippen LogP contribution in [0.5, 0.6) is 0 Å². The highest BCUT2D eigenvalue weighted by molar-refractivity contribution is 8.18. The highest BCUT2D eigenvalue weighted by Crippen LogP contribution is 2.33. The second-order valence-corrected chi connectivity index (χ2v) is 5.19. The van der Waals surface area contributed by atoms with E-state index in [4.69, 9.17) is 4.42 Å². The molecule has 1 aromatic rings. The van der Waals surface area contributed by atoms with Crippen LogP contribution in [0.2, 0.25) is 0 Å². The van der Waals surface area contributed by atoms with Crippen LogP contribution in [0.3, 0.4) is 0 Å². The summed E-state index contributed by atoms with van der Waals surface area (Å²) >= 11 is 0.773. The van der Waals surface area contributed by atoms with E-state index in [0.717, 1.165) is 16.7 Å². The number of furan rings is 1. The molecule has 1 aliphatic heterocycles. The van der Waals surface area contributed by atoms with Crippen molar-refractivity contribution >= 4 is 35.0 Å². The Morgan fingerprint density at radius 3 is 2.70 bits per heavy atom. The maximum Gasteiger partial charge on any atom is 0.328 e. The van der Waals surface area contributed by atoms with Crippen molar-refractivity contribution in [3.8, 4) is 0 Å². The van der Waals surface area contributed by atoms with Crippen molar-refractivity contribution in [3.05, 3.63) is 28.6 Å². The van der Waals surface area contributed by atoms with Gasteiger partial charge in [0, 0.05) is 6.08 Å². The molecule has 2 rings (SSSR count). The van der Waals surface area contributed by atoms with Gasteiger partial charge in [-0.2, -0.15) is 0 Å². The van der Waals surface area contributed by atoms with E-state index < -0.39 is 23.2 Å². The maximum atomic E-state index is 12.2. The van der Waals surface area contributed by atoms with Gasteiger partial charge in [-0.15, -0.1) is 0 Å². The molecule has 1 aliphatic rings. The van der Waals surface area contributed by atoms with E-state index in [0.29, 0.717) is 11.5 Å². The number of carbonyl (C=O) groups is 3. The minimum atomic E-state index is -0.947. The number of aryl methyl sites for hydroxylation is 1. The number of methoxy groups -OCH3 is 1. The Bertz CT molecular complexity index is 604. The second kappa shape index (κ2) is 5.54. The average molecular weight is 295 g/mol. The average Bonchev–Trinajstić information content (AvgIpc) is 2.93. The van der Waals surface area contributed by atoms with E-state index in [1.54, 1.807) is 19.1 Å². The van der Waals surface area contributed by atoms with Crippen molar-refractivity contribution in [3.63, 3.8) is 0 Å². The number of imide groups is 1. The Morgan fingerprint density at radius 1 is 1.45 bits per heavy atom. The smallest absolute Gasteiger partial charge is 0.328 e. The molecule has 2 heterocycles. The zero-order valence-corrected chi connectivity index (χ0v) is 12.0. The molecule has 20 heavy (non-hydrogen) atoms. The predicted molar refractivity (Wildman–Crippen MR) is 72.7 cm³/mol. The van der Waals surface area contributed by atoms with Crippen LogP contribution >= 0.6 is 11.8 Å². The van der Waals surface area contributed by atoms with Crippen molar-refractivity contribution in [2.75, 3.05) is 7.11 Å². The summed E-state index contributed by atoms with van der Waals surface area (Å²) in [5.74, 6) is 0.0338. The summed E-state index contributed by atoms with van der Waals surface area (Å²) in [6, 6.07) is 2.51. The van der Waals surface area contributed by atoms with Crippen LogP contribution in [0, 0.1) is 6.92 Å². The second-order valence-electron chi connectivity index (χ2n) is 4.20. The molecule has 0 saturated carbocycles. The molecule has 0 spiro atoms. The number of amides is 2. The van der Waals surface area contributed by atoms with E-state index >= 15 is 0 Å². The van der Waals surface area contributed by atoms with Crippen LogP contribution in [0.25, 0.3) is 6.08 Å². The van der Waals surface area contributed by atoms with E-state index in [2.05, 4.69) is 4.74 Å². The van der Waals surface area contributed by atoms with Gasteiger partial charge in [0.1, 0.15) is 17.6 Å². The number of hydrogen-bond donors (Lipinski definition) is 0. The van der Waals surface area contributed by atoms with E-state index in [-0.39, 0.29) is 4.91 Å². The molecule has 1 atom stereocenters. The Morgan fingerprint density at radius 2 is 2.15 bits per heavy atom. The monoisotopic (exact) mass is 295 g/mol. The van der Waals surface area contributed by atoms with E-state index in [1.807, 2.05) is 0 Å². The molecule has 6 nitrogen and oxygen atoms in total. The SMILES string of the molecule is COC(=O)[C@H](C)N1C(=O)S/C(=C/c2ccc(C)o2)C1=O. The molecule has 0 N–H and O–H groups in total. The molecule has 0 aromatic carbocycles. The lowest BCUT2D eigenvalue weighted by Crippen LogP contribution is -2.42. The third-order valence-electron chi connectivity index (χ3n) is 2.79. The topological polar surface area (TPSA) is 76.8 Å². The number of carbonyl (C=O) groups excluding carboxylic acids is 3.